The Morgan fingerprint density at radius 1 is 1.04 bits per heavy atom. The Labute approximate surface area is 184 Å². The third kappa shape index (κ3) is 5.39. The molecule has 0 amide bonds. The van der Waals surface area contributed by atoms with Gasteiger partial charge in [-0.2, -0.15) is 0 Å². The topological polar surface area (TPSA) is 25.6 Å². The van der Waals surface area contributed by atoms with Crippen molar-refractivity contribution in [2.24, 2.45) is 0 Å². The predicted octanol–water partition coefficient (Wildman–Crippen LogP) is -0.434. The fourth-order valence-corrected chi connectivity index (χ4v) is 3.53. The number of rotatable bonds is 7. The van der Waals surface area contributed by atoms with Crippen LogP contribution < -0.4 is 39.2 Å². The van der Waals surface area contributed by atoms with E-state index in [-0.39, 0.29) is 29.6 Å². The zero-order valence-corrected chi connectivity index (χ0v) is 18.6. The second kappa shape index (κ2) is 10.6. The predicted molar refractivity (Wildman–Crippen MR) is 105 cm³/mol. The Balaban J connectivity index is 0.00000243. The van der Waals surface area contributed by atoms with Crippen LogP contribution in [0.1, 0.15) is 12.8 Å². The normalized spacial score (nSPS) is 14.9. The van der Waals surface area contributed by atoms with E-state index in [0.717, 1.165) is 51.4 Å². The summed E-state index contributed by atoms with van der Waals surface area (Å²) in [6.45, 7) is 6.34. The molecular weight excluding hydrogens is 354 g/mol. The Morgan fingerprint density at radius 2 is 1.73 bits per heavy atom. The van der Waals surface area contributed by atoms with Crippen molar-refractivity contribution in [3.8, 4) is 5.75 Å². The molecule has 0 N–H and O–H groups in total. The third-order valence-corrected chi connectivity index (χ3v) is 5.24. The van der Waals surface area contributed by atoms with E-state index in [4.69, 9.17) is 24.9 Å². The number of aryl methyl sites for hydroxylation is 1. The Kier molecular flexibility index (Phi) is 8.77. The van der Waals surface area contributed by atoms with Crippen LogP contribution >= 0.6 is 12.2 Å². The van der Waals surface area contributed by atoms with Crippen LogP contribution in [0.3, 0.4) is 0 Å². The van der Waals surface area contributed by atoms with Crippen molar-refractivity contribution in [1.82, 2.24) is 13.9 Å². The number of benzene rings is 1. The number of para-hydroxylation sites is 2. The van der Waals surface area contributed by atoms with Crippen LogP contribution in [0.15, 0.2) is 36.7 Å². The minimum Gasteiger partial charge on any atom is -0.495 e. The second-order valence-corrected chi connectivity index (χ2v) is 6.75. The average Bonchev–Trinajstić information content (AvgIpc) is 2.98. The fourth-order valence-electron chi connectivity index (χ4n) is 3.32. The molecule has 26 heavy (non-hydrogen) atoms. The first-order chi connectivity index (χ1) is 12.2. The molecule has 2 heterocycles. The van der Waals surface area contributed by atoms with Gasteiger partial charge in [0.25, 0.3) is 0 Å². The summed E-state index contributed by atoms with van der Waals surface area (Å²) in [7, 11) is 7.45. The number of unbranched alkanes of at least 4 members (excludes halogenated alkanes) is 1. The van der Waals surface area contributed by atoms with Crippen molar-refractivity contribution in [3.63, 3.8) is 0 Å². The first-order valence-electron chi connectivity index (χ1n) is 8.82. The number of ether oxygens (including phenoxy) is 1. The number of piperazine rings is 1. The average molecular weight is 379 g/mol. The summed E-state index contributed by atoms with van der Waals surface area (Å²) in [5, 5.41) is 0. The van der Waals surface area contributed by atoms with Gasteiger partial charge in [0, 0.05) is 45.1 Å². The van der Waals surface area contributed by atoms with Crippen LogP contribution in [0.5, 0.6) is 5.75 Å². The molecule has 132 valence electrons. The van der Waals surface area contributed by atoms with Crippen molar-refractivity contribution in [2.75, 3.05) is 44.7 Å². The molecule has 0 aliphatic carbocycles. The van der Waals surface area contributed by atoms with Gasteiger partial charge in [-0.1, -0.05) is 12.1 Å². The van der Waals surface area contributed by atoms with Crippen LogP contribution in [0, 0.1) is 4.77 Å². The smallest absolute Gasteiger partial charge is 0.495 e. The molecule has 3 rings (SSSR count). The van der Waals surface area contributed by atoms with Crippen LogP contribution in [-0.2, 0) is 6.54 Å². The van der Waals surface area contributed by atoms with Crippen molar-refractivity contribution in [3.05, 3.63) is 41.4 Å². The standard InChI is InChI=1S/C18H25BN4OS.Na/c1-24-17-7-3-2-6-16(17)21-12-10-20(11-13-21)8-4-5-9-22-14-15-23(19)18(22)25;/h2-3,6-7,14-15H,4-5,8-13H2,1H3;/q;+1. The van der Waals surface area contributed by atoms with Gasteiger partial charge in [-0.15, -0.1) is 0 Å². The largest absolute Gasteiger partial charge is 1.00 e. The van der Waals surface area contributed by atoms with Crippen molar-refractivity contribution < 1.29 is 34.3 Å². The SMILES string of the molecule is [B]n1ccn(CCCCN2CCN(c3ccccc3OC)CC2)c1=S.[Na+]. The van der Waals surface area contributed by atoms with Crippen LogP contribution in [-0.4, -0.2) is 61.8 Å². The van der Waals surface area contributed by atoms with E-state index in [1.54, 1.807) is 13.3 Å². The molecule has 1 saturated heterocycles. The molecule has 1 aliphatic rings. The monoisotopic (exact) mass is 379 g/mol. The summed E-state index contributed by atoms with van der Waals surface area (Å²) in [5.41, 5.74) is 1.20. The van der Waals surface area contributed by atoms with Gasteiger partial charge in [0.15, 0.2) is 4.77 Å². The molecule has 0 unspecified atom stereocenters. The van der Waals surface area contributed by atoms with Crippen molar-refractivity contribution in [2.45, 2.75) is 19.4 Å². The molecule has 1 aromatic carbocycles. The molecule has 8 heteroatoms. The summed E-state index contributed by atoms with van der Waals surface area (Å²) in [6, 6.07) is 8.26. The molecule has 1 fully saturated rings. The van der Waals surface area contributed by atoms with Gasteiger partial charge >= 0.3 is 29.6 Å². The zero-order valence-electron chi connectivity index (χ0n) is 15.8. The first kappa shape index (κ1) is 21.6. The van der Waals surface area contributed by atoms with Crippen LogP contribution in [0.25, 0.3) is 0 Å². The Hall–Kier alpha value is -0.725. The number of methoxy groups -OCH3 is 1. The molecule has 1 aliphatic heterocycles. The van der Waals surface area contributed by atoms with Gasteiger partial charge < -0.3 is 18.7 Å². The number of hydrogen-bond donors (Lipinski definition) is 0. The molecular formula is C18H25BN4NaOS+. The number of hydrogen-bond acceptors (Lipinski definition) is 4. The summed E-state index contributed by atoms with van der Waals surface area (Å²) in [5.74, 6) is 0.958. The van der Waals surface area contributed by atoms with Crippen LogP contribution in [0.2, 0.25) is 0 Å². The minimum absolute atomic E-state index is 0. The van der Waals surface area contributed by atoms with Gasteiger partial charge in [0.1, 0.15) is 5.75 Å². The molecule has 2 radical (unpaired) electrons. The maximum Gasteiger partial charge on any atom is 1.00 e. The van der Waals surface area contributed by atoms with E-state index < -0.39 is 0 Å². The summed E-state index contributed by atoms with van der Waals surface area (Å²) in [6.07, 6.45) is 6.05. The van der Waals surface area contributed by atoms with E-state index in [1.165, 1.54) is 16.6 Å². The quantitative estimate of drug-likeness (QED) is 0.370. The van der Waals surface area contributed by atoms with Gasteiger partial charge in [-0.3, -0.25) is 4.90 Å². The van der Waals surface area contributed by atoms with Gasteiger partial charge in [0.2, 0.25) is 7.98 Å². The fraction of sp³-hybridized carbons (Fsp3) is 0.500. The molecule has 1 aromatic heterocycles. The molecule has 2 aromatic rings. The summed E-state index contributed by atoms with van der Waals surface area (Å²) in [4.78, 5) is 4.96. The van der Waals surface area contributed by atoms with Gasteiger partial charge in [-0.25, -0.2) is 0 Å². The van der Waals surface area contributed by atoms with E-state index >= 15 is 0 Å². The van der Waals surface area contributed by atoms with E-state index in [2.05, 4.69) is 21.9 Å². The Morgan fingerprint density at radius 3 is 2.38 bits per heavy atom. The van der Waals surface area contributed by atoms with Crippen molar-refractivity contribution in [1.29, 1.82) is 0 Å². The Bertz CT molecular complexity index is 743. The maximum absolute atomic E-state index is 5.71. The molecule has 0 spiro atoms. The number of imidazole rings is 1. The molecule has 0 saturated carbocycles. The zero-order chi connectivity index (χ0) is 17.6. The first-order valence-corrected chi connectivity index (χ1v) is 9.23. The van der Waals surface area contributed by atoms with Crippen molar-refractivity contribution >= 4 is 25.9 Å². The molecule has 0 atom stereocenters. The van der Waals surface area contributed by atoms with E-state index in [9.17, 15) is 0 Å². The molecule has 5 nitrogen and oxygen atoms in total. The minimum atomic E-state index is 0. The second-order valence-electron chi connectivity index (χ2n) is 6.39. The summed E-state index contributed by atoms with van der Waals surface area (Å²) < 4.78 is 9.70. The van der Waals surface area contributed by atoms with E-state index in [0.29, 0.717) is 4.77 Å². The maximum atomic E-state index is 5.71. The number of aromatic nitrogens is 2. The third-order valence-electron chi connectivity index (χ3n) is 4.80. The van der Waals surface area contributed by atoms with E-state index in [1.807, 2.05) is 22.9 Å². The van der Waals surface area contributed by atoms with Gasteiger partial charge in [-0.05, 0) is 43.7 Å². The van der Waals surface area contributed by atoms with Gasteiger partial charge in [0.05, 0.1) is 12.8 Å². The molecule has 0 bridgehead atoms. The number of anilines is 1. The summed E-state index contributed by atoms with van der Waals surface area (Å²) >= 11 is 5.26. The number of nitrogens with zero attached hydrogens (tertiary/aromatic N) is 4. The van der Waals surface area contributed by atoms with Crippen LogP contribution in [0.4, 0.5) is 5.69 Å².